The summed E-state index contributed by atoms with van der Waals surface area (Å²) in [6.07, 6.45) is 0. The Morgan fingerprint density at radius 1 is 0.594 bits per heavy atom. The van der Waals surface area contributed by atoms with Gasteiger partial charge in [0.1, 0.15) is 9.98 Å². The van der Waals surface area contributed by atoms with Crippen LogP contribution in [0.2, 0.25) is 10.0 Å². The molecule has 0 heterocycles. The van der Waals surface area contributed by atoms with Crippen LogP contribution in [0.5, 0.6) is 0 Å². The summed E-state index contributed by atoms with van der Waals surface area (Å²) < 4.78 is 49.2. The minimum Gasteiger partial charge on any atom is -0.389 e. The lowest BCUT2D eigenvalue weighted by Gasteiger charge is -2.02. The van der Waals surface area contributed by atoms with Gasteiger partial charge in [0.25, 0.3) is 0 Å². The smallest absolute Gasteiger partial charge is 0.176 e. The number of thiocarbonyl (C=S) groups is 2. The second kappa shape index (κ2) is 13.8. The molecule has 0 aliphatic rings. The molecule has 0 unspecified atom stereocenters. The number of nitrogens with two attached hydrogens (primary N) is 2. The lowest BCUT2D eigenvalue weighted by molar-refractivity contribution is 0.437. The molecular weight excluding hydrogens is 733 g/mol. The van der Waals surface area contributed by atoms with Gasteiger partial charge in [-0.15, -0.1) is 0 Å². The molecule has 0 amide bonds. The Balaban J connectivity index is 0.000000241. The summed E-state index contributed by atoms with van der Waals surface area (Å²) in [6.45, 7) is 0. The molecule has 2 nitrogen and oxygen atoms in total. The van der Waals surface area contributed by atoms with E-state index in [0.29, 0.717) is 20.0 Å². The van der Waals surface area contributed by atoms with E-state index in [2.05, 4.69) is 0 Å². The molecule has 3 rings (SSSR count). The third-order valence-corrected chi connectivity index (χ3v) is 6.28. The van der Waals surface area contributed by atoms with Crippen LogP contribution in [0.25, 0.3) is 0 Å². The first-order valence-corrected chi connectivity index (χ1v) is 11.9. The maximum absolute atomic E-state index is 12.6. The highest BCUT2D eigenvalue weighted by Gasteiger charge is 2.21. The van der Waals surface area contributed by atoms with Gasteiger partial charge in [0.2, 0.25) is 0 Å². The fourth-order valence-corrected chi connectivity index (χ4v) is 3.28. The molecule has 32 heavy (non-hydrogen) atoms. The second-order valence-electron chi connectivity index (χ2n) is 5.63. The van der Waals surface area contributed by atoms with Crippen molar-refractivity contribution >= 4 is 103 Å². The van der Waals surface area contributed by atoms with E-state index < -0.39 is 30.4 Å². The summed E-state index contributed by atoms with van der Waals surface area (Å²) in [5, 5.41) is 1.39. The van der Waals surface area contributed by atoms with Crippen molar-refractivity contribution in [2.45, 2.75) is 0 Å². The van der Waals surface area contributed by atoms with Gasteiger partial charge in [-0.25, -0.2) is 17.6 Å². The van der Waals surface area contributed by atoms with Crippen LogP contribution in [0.15, 0.2) is 48.5 Å². The summed E-state index contributed by atoms with van der Waals surface area (Å²) in [5.74, 6) is -5.39. The third kappa shape index (κ3) is 8.86. The molecule has 170 valence electrons. The molecule has 0 spiro atoms. The highest BCUT2D eigenvalue weighted by molar-refractivity contribution is 14.1. The average Bonchev–Trinajstić information content (AvgIpc) is 2.76. The zero-order valence-electron chi connectivity index (χ0n) is 15.6. The van der Waals surface area contributed by atoms with E-state index in [-0.39, 0.29) is 0 Å². The Kier molecular flexibility index (Phi) is 12.6. The number of hydrogen-bond acceptors (Lipinski definition) is 2. The van der Waals surface area contributed by atoms with Crippen LogP contribution in [0, 0.1) is 30.4 Å². The van der Waals surface area contributed by atoms with Gasteiger partial charge in [-0.05, 0) is 69.4 Å². The molecule has 4 N–H and O–H groups in total. The van der Waals surface area contributed by atoms with E-state index in [4.69, 9.17) is 59.1 Å². The van der Waals surface area contributed by atoms with E-state index >= 15 is 0 Å². The van der Waals surface area contributed by atoms with Crippen LogP contribution in [-0.4, -0.2) is 9.98 Å². The summed E-state index contributed by atoms with van der Waals surface area (Å²) in [4.78, 5) is 0.799. The average molecular weight is 745 g/mol. The van der Waals surface area contributed by atoms with Crippen molar-refractivity contribution in [3.63, 3.8) is 0 Å². The molecule has 0 bridgehead atoms. The Bertz CT molecular complexity index is 956. The van der Waals surface area contributed by atoms with Gasteiger partial charge in [-0.2, -0.15) is 0 Å². The molecule has 3 aromatic rings. The first-order valence-electron chi connectivity index (χ1n) is 8.14. The first-order chi connectivity index (χ1) is 14.9. The Morgan fingerprint density at radius 3 is 1.00 bits per heavy atom. The van der Waals surface area contributed by atoms with Gasteiger partial charge in [-0.3, -0.25) is 0 Å². The van der Waals surface area contributed by atoms with Gasteiger partial charge in [0.15, 0.2) is 23.3 Å². The van der Waals surface area contributed by atoms with Crippen molar-refractivity contribution in [1.82, 2.24) is 0 Å². The van der Waals surface area contributed by atoms with Crippen LogP contribution in [-0.2, 0) is 0 Å². The lowest BCUT2D eigenvalue weighted by Crippen LogP contribution is -2.08. The SMILES string of the molecule is Fc1c(F)c(I)c(F)c(F)c1I.NC(=S)c1ccc(Cl)cc1.NC(=S)c1ccc(Cl)cc1. The second-order valence-corrected chi connectivity index (χ2v) is 9.54. The van der Waals surface area contributed by atoms with Gasteiger partial charge >= 0.3 is 0 Å². The molecule has 12 heteroatoms. The zero-order valence-corrected chi connectivity index (χ0v) is 23.1. The van der Waals surface area contributed by atoms with E-state index in [9.17, 15) is 17.6 Å². The standard InChI is InChI=1S/2C7H6ClNS.C6F4I2/c2*8-6-3-1-5(2-4-6)7(9)10;7-1-2(8)6(12)4(10)3(9)5(1)11/h2*1-4H,(H2,9,10);. The fraction of sp³-hybridized carbons (Fsp3) is 0. The predicted octanol–water partition coefficient (Wildman–Crippen LogP) is 7.40. The minimum absolute atomic E-state index is 0.400. The van der Waals surface area contributed by atoms with Crippen LogP contribution >= 0.6 is 92.8 Å². The third-order valence-electron chi connectivity index (χ3n) is 3.41. The fourth-order valence-electron chi connectivity index (χ4n) is 1.81. The maximum Gasteiger partial charge on any atom is 0.176 e. The van der Waals surface area contributed by atoms with Crippen LogP contribution in [0.4, 0.5) is 17.6 Å². The van der Waals surface area contributed by atoms with Crippen molar-refractivity contribution in [3.8, 4) is 0 Å². The minimum atomic E-state index is -1.35. The number of halogens is 8. The molecular formula is C20H12Cl2F4I2N2S2. The topological polar surface area (TPSA) is 52.0 Å². The van der Waals surface area contributed by atoms with Crippen molar-refractivity contribution in [2.75, 3.05) is 0 Å². The quantitative estimate of drug-likeness (QED) is 0.0945. The number of benzene rings is 3. The lowest BCUT2D eigenvalue weighted by atomic mass is 10.2. The van der Waals surface area contributed by atoms with Gasteiger partial charge in [-0.1, -0.05) is 71.9 Å². The number of hydrogen-bond donors (Lipinski definition) is 2. The van der Waals surface area contributed by atoms with Crippen molar-refractivity contribution in [2.24, 2.45) is 11.5 Å². The van der Waals surface area contributed by atoms with Crippen molar-refractivity contribution < 1.29 is 17.6 Å². The summed E-state index contributed by atoms with van der Waals surface area (Å²) >= 11 is 23.2. The maximum atomic E-state index is 12.6. The molecule has 0 saturated carbocycles. The van der Waals surface area contributed by atoms with Crippen LogP contribution in [0.1, 0.15) is 11.1 Å². The normalized spacial score (nSPS) is 9.75. The Labute approximate surface area is 229 Å². The Morgan fingerprint density at radius 2 is 0.812 bits per heavy atom. The van der Waals surface area contributed by atoms with Gasteiger partial charge in [0.05, 0.1) is 7.14 Å². The predicted molar refractivity (Wildman–Crippen MR) is 146 cm³/mol. The summed E-state index contributed by atoms with van der Waals surface area (Å²) in [6, 6.07) is 14.2. The first kappa shape index (κ1) is 29.2. The van der Waals surface area contributed by atoms with Crippen molar-refractivity contribution in [1.29, 1.82) is 0 Å². The monoisotopic (exact) mass is 744 g/mol. The highest BCUT2D eigenvalue weighted by atomic mass is 127. The molecule has 0 aliphatic carbocycles. The zero-order chi connectivity index (χ0) is 24.6. The van der Waals surface area contributed by atoms with E-state index in [1.54, 1.807) is 48.5 Å². The molecule has 0 aromatic heterocycles. The van der Waals surface area contributed by atoms with Crippen LogP contribution < -0.4 is 11.5 Å². The highest BCUT2D eigenvalue weighted by Crippen LogP contribution is 2.26. The molecule has 0 aliphatic heterocycles. The molecule has 3 aromatic carbocycles. The number of rotatable bonds is 2. The van der Waals surface area contributed by atoms with Gasteiger partial charge in [0, 0.05) is 21.2 Å². The van der Waals surface area contributed by atoms with Gasteiger partial charge < -0.3 is 11.5 Å². The Hall–Kier alpha value is -0.800. The van der Waals surface area contributed by atoms with E-state index in [0.717, 1.165) is 11.1 Å². The van der Waals surface area contributed by atoms with Crippen molar-refractivity contribution in [3.05, 3.63) is 100 Å². The molecule has 0 radical (unpaired) electrons. The largest absolute Gasteiger partial charge is 0.389 e. The van der Waals surface area contributed by atoms with Crippen LogP contribution in [0.3, 0.4) is 0 Å². The molecule has 0 atom stereocenters. The van der Waals surface area contributed by atoms with E-state index in [1.165, 1.54) is 45.2 Å². The molecule has 0 fully saturated rings. The summed E-state index contributed by atoms with van der Waals surface area (Å²) in [5.41, 5.74) is 12.4. The molecule has 0 saturated heterocycles. The summed E-state index contributed by atoms with van der Waals surface area (Å²) in [7, 11) is 0. The van der Waals surface area contributed by atoms with E-state index in [1.807, 2.05) is 0 Å².